The first-order valence-electron chi connectivity index (χ1n) is 9.35. The summed E-state index contributed by atoms with van der Waals surface area (Å²) in [5, 5.41) is 2.97. The average molecular weight is 346 g/mol. The van der Waals surface area contributed by atoms with Crippen molar-refractivity contribution in [3.8, 4) is 5.88 Å². The smallest absolute Gasteiger partial charge is 0.317 e. The molecule has 6 nitrogen and oxygen atoms in total. The van der Waals surface area contributed by atoms with Crippen LogP contribution < -0.4 is 10.1 Å². The number of likely N-dealkylation sites (tertiary alicyclic amines) is 1. The highest BCUT2D eigenvalue weighted by Crippen LogP contribution is 2.29. The molecule has 1 aromatic heterocycles. The molecule has 2 fully saturated rings. The molecule has 1 N–H and O–H groups in total. The number of urea groups is 1. The Balaban J connectivity index is 1.37. The van der Waals surface area contributed by atoms with Crippen LogP contribution in [-0.2, 0) is 6.54 Å². The number of ether oxygens (including phenoxy) is 1. The summed E-state index contributed by atoms with van der Waals surface area (Å²) in [6, 6.07) is 3.83. The second-order valence-electron chi connectivity index (χ2n) is 7.54. The van der Waals surface area contributed by atoms with Gasteiger partial charge in [0, 0.05) is 32.4 Å². The number of amides is 2. The summed E-state index contributed by atoms with van der Waals surface area (Å²) >= 11 is 0. The van der Waals surface area contributed by atoms with Gasteiger partial charge in [0.25, 0.3) is 0 Å². The van der Waals surface area contributed by atoms with E-state index in [2.05, 4.69) is 22.2 Å². The molecule has 1 saturated heterocycles. The monoisotopic (exact) mass is 346 g/mol. The van der Waals surface area contributed by atoms with Gasteiger partial charge in [-0.2, -0.15) is 0 Å². The molecule has 1 aliphatic carbocycles. The highest BCUT2D eigenvalue weighted by atomic mass is 16.5. The molecular weight excluding hydrogens is 316 g/mol. The van der Waals surface area contributed by atoms with E-state index in [-0.39, 0.29) is 6.03 Å². The van der Waals surface area contributed by atoms with E-state index >= 15 is 0 Å². The van der Waals surface area contributed by atoms with E-state index in [4.69, 9.17) is 4.74 Å². The van der Waals surface area contributed by atoms with Crippen LogP contribution >= 0.6 is 0 Å². The van der Waals surface area contributed by atoms with Crippen LogP contribution in [-0.4, -0.2) is 61.2 Å². The molecule has 0 aromatic carbocycles. The van der Waals surface area contributed by atoms with E-state index in [0.717, 1.165) is 37.7 Å². The molecule has 2 aliphatic rings. The van der Waals surface area contributed by atoms with Crippen LogP contribution in [0.5, 0.6) is 5.88 Å². The van der Waals surface area contributed by atoms with Gasteiger partial charge in [-0.3, -0.25) is 0 Å². The number of aromatic nitrogens is 1. The number of pyridine rings is 1. The number of nitrogens with one attached hydrogen (secondary N) is 1. The Labute approximate surface area is 150 Å². The van der Waals surface area contributed by atoms with Crippen LogP contribution in [0.15, 0.2) is 18.3 Å². The van der Waals surface area contributed by atoms with Crippen molar-refractivity contribution >= 4 is 6.03 Å². The van der Waals surface area contributed by atoms with E-state index in [1.807, 2.05) is 19.2 Å². The van der Waals surface area contributed by atoms with Gasteiger partial charge in [-0.25, -0.2) is 9.78 Å². The Bertz CT molecular complexity index is 551. The molecule has 1 aromatic rings. The quantitative estimate of drug-likeness (QED) is 0.823. The van der Waals surface area contributed by atoms with Crippen LogP contribution in [0, 0.1) is 11.8 Å². The summed E-state index contributed by atoms with van der Waals surface area (Å²) in [5.74, 6) is 2.00. The van der Waals surface area contributed by atoms with Crippen LogP contribution in [0.1, 0.15) is 31.2 Å². The molecule has 0 spiro atoms. The maximum Gasteiger partial charge on any atom is 0.317 e. The minimum Gasteiger partial charge on any atom is -0.477 e. The number of piperidine rings is 1. The summed E-state index contributed by atoms with van der Waals surface area (Å²) in [4.78, 5) is 20.7. The third kappa shape index (κ3) is 5.88. The molecule has 2 heterocycles. The van der Waals surface area contributed by atoms with Crippen LogP contribution in [0.3, 0.4) is 0 Å². The normalized spacial score (nSPS) is 18.8. The third-order valence-electron chi connectivity index (χ3n) is 5.12. The highest BCUT2D eigenvalue weighted by Gasteiger charge is 2.22. The number of rotatable bonds is 7. The molecule has 0 radical (unpaired) electrons. The van der Waals surface area contributed by atoms with E-state index in [1.54, 1.807) is 11.1 Å². The zero-order valence-corrected chi connectivity index (χ0v) is 15.4. The summed E-state index contributed by atoms with van der Waals surface area (Å²) in [5.41, 5.74) is 0.986. The first kappa shape index (κ1) is 18.0. The van der Waals surface area contributed by atoms with Gasteiger partial charge in [-0.1, -0.05) is 6.07 Å². The van der Waals surface area contributed by atoms with Gasteiger partial charge in [0.15, 0.2) is 0 Å². The fourth-order valence-electron chi connectivity index (χ4n) is 3.12. The second kappa shape index (κ2) is 8.52. The van der Waals surface area contributed by atoms with E-state index in [1.165, 1.54) is 25.7 Å². The topological polar surface area (TPSA) is 57.7 Å². The molecule has 6 heteroatoms. The van der Waals surface area contributed by atoms with Gasteiger partial charge in [0.2, 0.25) is 5.88 Å². The molecule has 3 rings (SSSR count). The van der Waals surface area contributed by atoms with Gasteiger partial charge in [0.1, 0.15) is 0 Å². The lowest BCUT2D eigenvalue weighted by Gasteiger charge is -2.31. The number of carbonyl (C=O) groups excluding carboxylic acids is 1. The predicted molar refractivity (Wildman–Crippen MR) is 97.5 cm³/mol. The Hall–Kier alpha value is -1.82. The molecule has 1 saturated carbocycles. The SMILES string of the molecule is CN1CCC(CN(C)C(=O)NCc2ccc(OCC3CC3)nc2)CC1. The number of hydrogen-bond donors (Lipinski definition) is 1. The molecule has 138 valence electrons. The van der Waals surface area contributed by atoms with Gasteiger partial charge in [-0.05, 0) is 63.2 Å². The summed E-state index contributed by atoms with van der Waals surface area (Å²) in [6.45, 7) is 4.34. The Morgan fingerprint density at radius 1 is 1.28 bits per heavy atom. The lowest BCUT2D eigenvalue weighted by atomic mass is 9.97. The Kier molecular flexibility index (Phi) is 6.13. The fraction of sp³-hybridized carbons (Fsp3) is 0.684. The average Bonchev–Trinajstić information content (AvgIpc) is 3.45. The lowest BCUT2D eigenvalue weighted by molar-refractivity contribution is 0.170. The van der Waals surface area contributed by atoms with Crippen LogP contribution in [0.25, 0.3) is 0 Å². The summed E-state index contributed by atoms with van der Waals surface area (Å²) in [6.07, 6.45) is 6.66. The molecular formula is C19H30N4O2. The highest BCUT2D eigenvalue weighted by molar-refractivity contribution is 5.73. The van der Waals surface area contributed by atoms with Crippen molar-refractivity contribution in [2.45, 2.75) is 32.2 Å². The minimum atomic E-state index is -0.0204. The third-order valence-corrected chi connectivity index (χ3v) is 5.12. The maximum absolute atomic E-state index is 12.3. The van der Waals surface area contributed by atoms with E-state index in [9.17, 15) is 4.79 Å². The van der Waals surface area contributed by atoms with Crippen LogP contribution in [0.2, 0.25) is 0 Å². The largest absolute Gasteiger partial charge is 0.477 e. The summed E-state index contributed by atoms with van der Waals surface area (Å²) in [7, 11) is 4.03. The first-order chi connectivity index (χ1) is 12.1. The van der Waals surface area contributed by atoms with Crippen molar-refractivity contribution in [2.24, 2.45) is 11.8 Å². The van der Waals surface area contributed by atoms with Crippen molar-refractivity contribution in [1.82, 2.24) is 20.1 Å². The zero-order chi connectivity index (χ0) is 17.6. The Morgan fingerprint density at radius 3 is 2.68 bits per heavy atom. The van der Waals surface area contributed by atoms with E-state index < -0.39 is 0 Å². The molecule has 25 heavy (non-hydrogen) atoms. The van der Waals surface area contributed by atoms with Gasteiger partial charge < -0.3 is 19.9 Å². The zero-order valence-electron chi connectivity index (χ0n) is 15.4. The molecule has 0 bridgehead atoms. The second-order valence-corrected chi connectivity index (χ2v) is 7.54. The summed E-state index contributed by atoms with van der Waals surface area (Å²) < 4.78 is 5.63. The molecule has 2 amide bonds. The fourth-order valence-corrected chi connectivity index (χ4v) is 3.12. The van der Waals surface area contributed by atoms with Gasteiger partial charge in [0.05, 0.1) is 6.61 Å². The molecule has 0 atom stereocenters. The van der Waals surface area contributed by atoms with Gasteiger partial charge >= 0.3 is 6.03 Å². The van der Waals surface area contributed by atoms with Crippen molar-refractivity contribution in [3.63, 3.8) is 0 Å². The number of hydrogen-bond acceptors (Lipinski definition) is 4. The maximum atomic E-state index is 12.3. The molecule has 0 unspecified atom stereocenters. The van der Waals surface area contributed by atoms with Crippen molar-refractivity contribution in [2.75, 3.05) is 40.3 Å². The standard InChI is InChI=1S/C19H30N4O2/c1-22-9-7-15(8-10-22)13-23(2)19(24)21-12-17-5-6-18(20-11-17)25-14-16-3-4-16/h5-6,11,15-16H,3-4,7-10,12-14H2,1-2H3,(H,21,24). The Morgan fingerprint density at radius 2 is 2.04 bits per heavy atom. The van der Waals surface area contributed by atoms with Crippen molar-refractivity contribution in [3.05, 3.63) is 23.9 Å². The predicted octanol–water partition coefficient (Wildman–Crippen LogP) is 2.35. The minimum absolute atomic E-state index is 0.0204. The van der Waals surface area contributed by atoms with Crippen molar-refractivity contribution < 1.29 is 9.53 Å². The van der Waals surface area contributed by atoms with Crippen molar-refractivity contribution in [1.29, 1.82) is 0 Å². The number of carbonyl (C=O) groups is 1. The molecule has 1 aliphatic heterocycles. The van der Waals surface area contributed by atoms with Gasteiger partial charge in [-0.15, -0.1) is 0 Å². The lowest BCUT2D eigenvalue weighted by Crippen LogP contribution is -2.42. The van der Waals surface area contributed by atoms with Crippen LogP contribution in [0.4, 0.5) is 4.79 Å². The number of nitrogens with zero attached hydrogens (tertiary/aromatic N) is 3. The first-order valence-corrected chi connectivity index (χ1v) is 9.35. The van der Waals surface area contributed by atoms with E-state index in [0.29, 0.717) is 18.3 Å².